The van der Waals surface area contributed by atoms with Gasteiger partial charge in [-0.3, -0.25) is 0 Å². The summed E-state index contributed by atoms with van der Waals surface area (Å²) in [6.45, 7) is 1.10. The van der Waals surface area contributed by atoms with Gasteiger partial charge in [0.1, 0.15) is 0 Å². The van der Waals surface area contributed by atoms with Crippen LogP contribution in [0.15, 0.2) is 42.0 Å². The van der Waals surface area contributed by atoms with E-state index in [1.807, 2.05) is 0 Å². The summed E-state index contributed by atoms with van der Waals surface area (Å²) in [7, 11) is 0. The van der Waals surface area contributed by atoms with Crippen LogP contribution < -0.4 is 5.32 Å². The van der Waals surface area contributed by atoms with Gasteiger partial charge in [0.2, 0.25) is 0 Å². The Morgan fingerprint density at radius 2 is 2.18 bits per heavy atom. The maximum Gasteiger partial charge on any atom is 0.0373 e. The van der Waals surface area contributed by atoms with Crippen LogP contribution in [-0.4, -0.2) is 6.54 Å². The topological polar surface area (TPSA) is 12.0 Å². The summed E-state index contributed by atoms with van der Waals surface area (Å²) < 4.78 is 0. The quantitative estimate of drug-likeness (QED) is 0.805. The van der Waals surface area contributed by atoms with Crippen molar-refractivity contribution in [2.24, 2.45) is 0 Å². The van der Waals surface area contributed by atoms with Crippen molar-refractivity contribution in [1.82, 2.24) is 0 Å². The van der Waals surface area contributed by atoms with Crippen LogP contribution in [0, 0.1) is 0 Å². The van der Waals surface area contributed by atoms with Crippen LogP contribution in [-0.2, 0) is 12.8 Å². The van der Waals surface area contributed by atoms with E-state index >= 15 is 0 Å². The van der Waals surface area contributed by atoms with Gasteiger partial charge in [-0.2, -0.15) is 0 Å². The van der Waals surface area contributed by atoms with Gasteiger partial charge in [0.15, 0.2) is 0 Å². The summed E-state index contributed by atoms with van der Waals surface area (Å²) >= 11 is 0. The van der Waals surface area contributed by atoms with E-state index in [0.29, 0.717) is 0 Å². The average Bonchev–Trinajstić information content (AvgIpc) is 2.65. The Hall–Kier alpha value is -1.50. The zero-order valence-corrected chi connectivity index (χ0v) is 10.2. The zero-order valence-electron chi connectivity index (χ0n) is 10.2. The molecule has 0 bridgehead atoms. The molecular formula is C16H19N. The molecule has 0 spiro atoms. The molecular weight excluding hydrogens is 206 g/mol. The Labute approximate surface area is 103 Å². The summed E-state index contributed by atoms with van der Waals surface area (Å²) in [6, 6.07) is 6.89. The van der Waals surface area contributed by atoms with Crippen molar-refractivity contribution in [3.05, 3.63) is 53.1 Å². The summed E-state index contributed by atoms with van der Waals surface area (Å²) in [6.07, 6.45) is 12.9. The average molecular weight is 225 g/mol. The van der Waals surface area contributed by atoms with Gasteiger partial charge in [0.05, 0.1) is 0 Å². The van der Waals surface area contributed by atoms with Crippen LogP contribution in [0.25, 0.3) is 0 Å². The Kier molecular flexibility index (Phi) is 3.00. The van der Waals surface area contributed by atoms with E-state index in [2.05, 4.69) is 41.7 Å². The Morgan fingerprint density at radius 3 is 3.18 bits per heavy atom. The van der Waals surface area contributed by atoms with Crippen molar-refractivity contribution in [3.63, 3.8) is 0 Å². The highest BCUT2D eigenvalue weighted by atomic mass is 14.9. The number of anilines is 1. The van der Waals surface area contributed by atoms with E-state index < -0.39 is 0 Å². The molecule has 0 aromatic heterocycles. The fourth-order valence-electron chi connectivity index (χ4n) is 2.71. The second-order valence-corrected chi connectivity index (χ2v) is 4.99. The van der Waals surface area contributed by atoms with E-state index in [4.69, 9.17) is 0 Å². The van der Waals surface area contributed by atoms with Crippen molar-refractivity contribution in [2.75, 3.05) is 11.9 Å². The molecule has 0 saturated carbocycles. The molecule has 2 aliphatic rings. The lowest BCUT2D eigenvalue weighted by Crippen LogP contribution is -1.92. The maximum absolute atomic E-state index is 3.42. The molecule has 1 aliphatic carbocycles. The molecule has 88 valence electrons. The van der Waals surface area contributed by atoms with Crippen LogP contribution in [0.4, 0.5) is 5.69 Å². The molecule has 0 unspecified atom stereocenters. The number of rotatable bonds is 2. The molecule has 1 aromatic rings. The van der Waals surface area contributed by atoms with Crippen molar-refractivity contribution >= 4 is 5.69 Å². The fourth-order valence-corrected chi connectivity index (χ4v) is 2.71. The van der Waals surface area contributed by atoms with E-state index in [-0.39, 0.29) is 0 Å². The largest absolute Gasteiger partial charge is 0.384 e. The molecule has 0 saturated heterocycles. The minimum Gasteiger partial charge on any atom is -0.384 e. The molecule has 1 heteroatoms. The molecule has 1 nitrogen and oxygen atoms in total. The SMILES string of the molecule is C1=CCCCC(Cc2ccc3c(c2)CCN3)=C1. The molecule has 3 rings (SSSR count). The van der Waals surface area contributed by atoms with Gasteiger partial charge in [-0.1, -0.05) is 35.9 Å². The fraction of sp³-hybridized carbons (Fsp3) is 0.375. The van der Waals surface area contributed by atoms with E-state index in [9.17, 15) is 0 Å². The van der Waals surface area contributed by atoms with Gasteiger partial charge in [0.25, 0.3) is 0 Å². The van der Waals surface area contributed by atoms with Crippen molar-refractivity contribution in [3.8, 4) is 0 Å². The van der Waals surface area contributed by atoms with Crippen LogP contribution >= 0.6 is 0 Å². The van der Waals surface area contributed by atoms with Gasteiger partial charge < -0.3 is 5.32 Å². The highest BCUT2D eigenvalue weighted by Crippen LogP contribution is 2.25. The third-order valence-electron chi connectivity index (χ3n) is 3.65. The first kappa shape index (κ1) is 10.6. The zero-order chi connectivity index (χ0) is 11.5. The van der Waals surface area contributed by atoms with Crippen LogP contribution in [0.1, 0.15) is 30.4 Å². The second-order valence-electron chi connectivity index (χ2n) is 4.99. The summed E-state index contributed by atoms with van der Waals surface area (Å²) in [5.41, 5.74) is 5.87. The first-order valence-electron chi connectivity index (χ1n) is 6.62. The number of hydrogen-bond acceptors (Lipinski definition) is 1. The van der Waals surface area contributed by atoms with Crippen molar-refractivity contribution in [1.29, 1.82) is 0 Å². The third kappa shape index (κ3) is 2.44. The summed E-state index contributed by atoms with van der Waals surface area (Å²) in [5.74, 6) is 0. The van der Waals surface area contributed by atoms with Crippen molar-refractivity contribution < 1.29 is 0 Å². The predicted octanol–water partition coefficient (Wildman–Crippen LogP) is 3.86. The molecule has 1 heterocycles. The van der Waals surface area contributed by atoms with E-state index in [1.54, 1.807) is 5.57 Å². The van der Waals surface area contributed by atoms with Crippen LogP contribution in [0.2, 0.25) is 0 Å². The van der Waals surface area contributed by atoms with Gasteiger partial charge in [0, 0.05) is 12.2 Å². The molecule has 1 N–H and O–H groups in total. The van der Waals surface area contributed by atoms with Gasteiger partial charge in [-0.05, 0) is 49.3 Å². The van der Waals surface area contributed by atoms with E-state index in [1.165, 1.54) is 42.5 Å². The monoisotopic (exact) mass is 225 g/mol. The number of nitrogens with one attached hydrogen (secondary N) is 1. The molecule has 1 aliphatic heterocycles. The second kappa shape index (κ2) is 4.79. The van der Waals surface area contributed by atoms with Crippen LogP contribution in [0.3, 0.4) is 0 Å². The number of allylic oxidation sites excluding steroid dienone is 4. The third-order valence-corrected chi connectivity index (χ3v) is 3.65. The normalized spacial score (nSPS) is 18.2. The Morgan fingerprint density at radius 1 is 1.18 bits per heavy atom. The highest BCUT2D eigenvalue weighted by molar-refractivity contribution is 5.56. The Balaban J connectivity index is 1.76. The number of benzene rings is 1. The minimum atomic E-state index is 1.10. The minimum absolute atomic E-state index is 1.10. The summed E-state index contributed by atoms with van der Waals surface area (Å²) in [5, 5.41) is 3.42. The summed E-state index contributed by atoms with van der Waals surface area (Å²) in [4.78, 5) is 0. The first-order valence-corrected chi connectivity index (χ1v) is 6.62. The van der Waals surface area contributed by atoms with Gasteiger partial charge in [-0.15, -0.1) is 0 Å². The van der Waals surface area contributed by atoms with Gasteiger partial charge in [-0.25, -0.2) is 0 Å². The van der Waals surface area contributed by atoms with Gasteiger partial charge >= 0.3 is 0 Å². The Bertz CT molecular complexity index is 468. The lowest BCUT2D eigenvalue weighted by molar-refractivity contribution is 0.819. The standard InChI is InChI=1S/C16H19N/c1-2-4-6-13(5-3-1)11-14-7-8-16-15(12-14)9-10-17-16/h1,3,5,7-8,12,17H,2,4,6,9-11H2. The molecule has 0 amide bonds. The number of fused-ring (bicyclic) bond motifs is 1. The van der Waals surface area contributed by atoms with E-state index in [0.717, 1.165) is 13.0 Å². The predicted molar refractivity (Wildman–Crippen MR) is 73.4 cm³/mol. The smallest absolute Gasteiger partial charge is 0.0373 e. The molecule has 17 heavy (non-hydrogen) atoms. The molecule has 0 atom stereocenters. The number of hydrogen-bond donors (Lipinski definition) is 1. The molecule has 1 aromatic carbocycles. The molecule has 0 fully saturated rings. The lowest BCUT2D eigenvalue weighted by Gasteiger charge is -2.07. The van der Waals surface area contributed by atoms with Crippen molar-refractivity contribution in [2.45, 2.75) is 32.1 Å². The van der Waals surface area contributed by atoms with Crippen LogP contribution in [0.5, 0.6) is 0 Å². The maximum atomic E-state index is 3.42. The first-order chi connectivity index (χ1) is 8.42. The molecule has 0 radical (unpaired) electrons. The highest BCUT2D eigenvalue weighted by Gasteiger charge is 2.10. The lowest BCUT2D eigenvalue weighted by atomic mass is 9.99.